The van der Waals surface area contributed by atoms with Crippen LogP contribution in [0.2, 0.25) is 0 Å². The Balaban J connectivity index is 1.73. The van der Waals surface area contributed by atoms with Crippen LogP contribution >= 0.6 is 0 Å². The second-order valence-electron chi connectivity index (χ2n) is 4.32. The van der Waals surface area contributed by atoms with Gasteiger partial charge in [-0.3, -0.25) is 0 Å². The first kappa shape index (κ1) is 14.3. The fourth-order valence-corrected chi connectivity index (χ4v) is 1.80. The Bertz CT molecular complexity index is 531. The molecule has 0 heterocycles. The number of ether oxygens (including phenoxy) is 2. The van der Waals surface area contributed by atoms with Crippen molar-refractivity contribution in [1.82, 2.24) is 0 Å². The van der Waals surface area contributed by atoms with Gasteiger partial charge in [-0.1, -0.05) is 18.2 Å². The first-order valence-electron chi connectivity index (χ1n) is 6.59. The zero-order valence-electron chi connectivity index (χ0n) is 11.2. The molecule has 20 heavy (non-hydrogen) atoms. The predicted octanol–water partition coefficient (Wildman–Crippen LogP) is 3.13. The average molecular weight is 275 g/mol. The first-order chi connectivity index (χ1) is 9.79. The molecule has 0 saturated heterocycles. The normalized spacial score (nSPS) is 10.3. The molecule has 3 nitrogen and oxygen atoms in total. The smallest absolute Gasteiger partial charge is 0.123 e. The molecule has 0 radical (unpaired) electrons. The zero-order valence-corrected chi connectivity index (χ0v) is 11.2. The lowest BCUT2D eigenvalue weighted by molar-refractivity contribution is 0.246. The number of benzene rings is 2. The number of para-hydroxylation sites is 1. The van der Waals surface area contributed by atoms with Crippen LogP contribution in [0, 0.1) is 5.82 Å². The van der Waals surface area contributed by atoms with Crippen molar-refractivity contribution in [2.75, 3.05) is 13.2 Å². The Morgan fingerprint density at radius 3 is 2.45 bits per heavy atom. The fraction of sp³-hybridized carbons (Fsp3) is 0.250. The van der Waals surface area contributed by atoms with E-state index in [4.69, 9.17) is 15.2 Å². The molecule has 0 aliphatic rings. The predicted molar refractivity (Wildman–Crippen MR) is 76.3 cm³/mol. The van der Waals surface area contributed by atoms with Crippen LogP contribution in [-0.2, 0) is 6.54 Å². The molecule has 0 aliphatic heterocycles. The Kier molecular flexibility index (Phi) is 5.38. The molecule has 0 unspecified atom stereocenters. The number of hydrogen-bond donors (Lipinski definition) is 1. The molecule has 0 aromatic heterocycles. The monoisotopic (exact) mass is 275 g/mol. The number of halogens is 1. The van der Waals surface area contributed by atoms with Crippen molar-refractivity contribution in [2.45, 2.75) is 13.0 Å². The molecule has 2 rings (SSSR count). The molecular weight excluding hydrogens is 257 g/mol. The van der Waals surface area contributed by atoms with Crippen LogP contribution in [0.25, 0.3) is 0 Å². The van der Waals surface area contributed by atoms with Gasteiger partial charge in [0.05, 0.1) is 13.2 Å². The van der Waals surface area contributed by atoms with E-state index in [-0.39, 0.29) is 12.4 Å². The quantitative estimate of drug-likeness (QED) is 0.790. The van der Waals surface area contributed by atoms with Gasteiger partial charge in [0.1, 0.15) is 17.3 Å². The molecule has 0 atom stereocenters. The summed E-state index contributed by atoms with van der Waals surface area (Å²) in [6.45, 7) is 1.34. The van der Waals surface area contributed by atoms with E-state index in [2.05, 4.69) is 0 Å². The molecule has 2 N–H and O–H groups in total. The summed E-state index contributed by atoms with van der Waals surface area (Å²) in [7, 11) is 0. The summed E-state index contributed by atoms with van der Waals surface area (Å²) in [5, 5.41) is 0. The van der Waals surface area contributed by atoms with Crippen LogP contribution in [0.3, 0.4) is 0 Å². The van der Waals surface area contributed by atoms with Gasteiger partial charge in [-0.15, -0.1) is 0 Å². The third-order valence-corrected chi connectivity index (χ3v) is 2.80. The summed E-state index contributed by atoms with van der Waals surface area (Å²) in [5.41, 5.74) is 6.23. The highest BCUT2D eigenvalue weighted by molar-refractivity contribution is 5.33. The minimum atomic E-state index is -0.301. The third-order valence-electron chi connectivity index (χ3n) is 2.80. The summed E-state index contributed by atoms with van der Waals surface area (Å²) >= 11 is 0. The van der Waals surface area contributed by atoms with Crippen LogP contribution in [0.5, 0.6) is 11.5 Å². The van der Waals surface area contributed by atoms with Crippen molar-refractivity contribution in [3.63, 3.8) is 0 Å². The first-order valence-corrected chi connectivity index (χ1v) is 6.59. The van der Waals surface area contributed by atoms with Crippen molar-refractivity contribution in [1.29, 1.82) is 0 Å². The van der Waals surface area contributed by atoms with E-state index in [0.717, 1.165) is 12.2 Å². The van der Waals surface area contributed by atoms with E-state index in [9.17, 15) is 4.39 Å². The molecule has 0 aliphatic carbocycles. The van der Waals surface area contributed by atoms with Crippen LogP contribution in [0.1, 0.15) is 12.0 Å². The second kappa shape index (κ2) is 7.50. The molecule has 0 amide bonds. The van der Waals surface area contributed by atoms with Gasteiger partial charge in [-0.2, -0.15) is 0 Å². The lowest BCUT2D eigenvalue weighted by Crippen LogP contribution is -2.07. The van der Waals surface area contributed by atoms with Crippen molar-refractivity contribution < 1.29 is 13.9 Å². The second-order valence-corrected chi connectivity index (χ2v) is 4.32. The summed E-state index contributed by atoms with van der Waals surface area (Å²) in [6, 6.07) is 14.0. The highest BCUT2D eigenvalue weighted by Gasteiger charge is 2.03. The van der Waals surface area contributed by atoms with Gasteiger partial charge in [-0.25, -0.2) is 4.39 Å². The molecule has 106 valence electrons. The lowest BCUT2D eigenvalue weighted by atomic mass is 10.2. The minimum Gasteiger partial charge on any atom is -0.493 e. The standard InChI is InChI=1S/C16H18FNO2/c17-14-7-8-16(13(11-14)12-18)20-10-4-9-19-15-5-2-1-3-6-15/h1-3,5-8,11H,4,9-10,12,18H2. The zero-order chi connectivity index (χ0) is 14.2. The number of nitrogens with two attached hydrogens (primary N) is 1. The summed E-state index contributed by atoms with van der Waals surface area (Å²) in [5.74, 6) is 1.18. The Morgan fingerprint density at radius 1 is 0.950 bits per heavy atom. The van der Waals surface area contributed by atoms with Crippen molar-refractivity contribution in [3.05, 3.63) is 59.9 Å². The maximum Gasteiger partial charge on any atom is 0.123 e. The van der Waals surface area contributed by atoms with Gasteiger partial charge in [-0.05, 0) is 30.3 Å². The van der Waals surface area contributed by atoms with Crippen molar-refractivity contribution in [2.24, 2.45) is 5.73 Å². The number of rotatable bonds is 7. The molecule has 2 aromatic carbocycles. The maximum absolute atomic E-state index is 13.0. The Hall–Kier alpha value is -2.07. The van der Waals surface area contributed by atoms with Gasteiger partial charge in [0, 0.05) is 18.5 Å². The van der Waals surface area contributed by atoms with Crippen LogP contribution in [-0.4, -0.2) is 13.2 Å². The van der Waals surface area contributed by atoms with E-state index in [1.165, 1.54) is 12.1 Å². The van der Waals surface area contributed by atoms with Gasteiger partial charge in [0.25, 0.3) is 0 Å². The molecule has 0 saturated carbocycles. The van der Waals surface area contributed by atoms with Crippen LogP contribution < -0.4 is 15.2 Å². The molecular formula is C16H18FNO2. The lowest BCUT2D eigenvalue weighted by Gasteiger charge is -2.11. The molecule has 4 heteroatoms. The van der Waals surface area contributed by atoms with Gasteiger partial charge in [0.2, 0.25) is 0 Å². The maximum atomic E-state index is 13.0. The van der Waals surface area contributed by atoms with Crippen molar-refractivity contribution in [3.8, 4) is 11.5 Å². The van der Waals surface area contributed by atoms with E-state index in [1.54, 1.807) is 6.07 Å². The largest absolute Gasteiger partial charge is 0.493 e. The van der Waals surface area contributed by atoms with Gasteiger partial charge in [0.15, 0.2) is 0 Å². The highest BCUT2D eigenvalue weighted by Crippen LogP contribution is 2.19. The Morgan fingerprint density at radius 2 is 1.70 bits per heavy atom. The van der Waals surface area contributed by atoms with E-state index >= 15 is 0 Å². The summed E-state index contributed by atoms with van der Waals surface area (Å²) in [4.78, 5) is 0. The number of hydrogen-bond acceptors (Lipinski definition) is 3. The molecule has 2 aromatic rings. The molecule has 0 spiro atoms. The SMILES string of the molecule is NCc1cc(F)ccc1OCCCOc1ccccc1. The molecule has 0 bridgehead atoms. The fourth-order valence-electron chi connectivity index (χ4n) is 1.80. The third kappa shape index (κ3) is 4.24. The van der Waals surface area contributed by atoms with E-state index in [1.807, 2.05) is 30.3 Å². The molecule has 0 fully saturated rings. The van der Waals surface area contributed by atoms with Crippen molar-refractivity contribution >= 4 is 0 Å². The summed E-state index contributed by atoms with van der Waals surface area (Å²) < 4.78 is 24.2. The van der Waals surface area contributed by atoms with E-state index < -0.39 is 0 Å². The average Bonchev–Trinajstić information content (AvgIpc) is 2.49. The van der Waals surface area contributed by atoms with E-state index in [0.29, 0.717) is 24.5 Å². The highest BCUT2D eigenvalue weighted by atomic mass is 19.1. The summed E-state index contributed by atoms with van der Waals surface area (Å²) in [6.07, 6.45) is 0.746. The minimum absolute atomic E-state index is 0.258. The van der Waals surface area contributed by atoms with Crippen LogP contribution in [0.4, 0.5) is 4.39 Å². The topological polar surface area (TPSA) is 44.5 Å². The Labute approximate surface area is 118 Å². The van der Waals surface area contributed by atoms with Crippen LogP contribution in [0.15, 0.2) is 48.5 Å². The van der Waals surface area contributed by atoms with Gasteiger partial charge < -0.3 is 15.2 Å². The van der Waals surface area contributed by atoms with Gasteiger partial charge >= 0.3 is 0 Å².